The highest BCUT2D eigenvalue weighted by molar-refractivity contribution is 5.82. The third-order valence-electron chi connectivity index (χ3n) is 5.50. The molecule has 7 nitrogen and oxygen atoms in total. The fourth-order valence-corrected chi connectivity index (χ4v) is 3.67. The minimum absolute atomic E-state index is 0.0281. The molecule has 7 heteroatoms. The lowest BCUT2D eigenvalue weighted by Crippen LogP contribution is -2.41. The summed E-state index contributed by atoms with van der Waals surface area (Å²) >= 11 is 0. The highest BCUT2D eigenvalue weighted by atomic mass is 16.2. The molecule has 2 aliphatic rings. The van der Waals surface area contributed by atoms with Crippen LogP contribution in [-0.2, 0) is 16.1 Å². The number of carbonyl (C=O) groups is 2. The maximum absolute atomic E-state index is 12.7. The number of hydrogen-bond acceptors (Lipinski definition) is 4. The largest absolute Gasteiger partial charge is 0.351 e. The van der Waals surface area contributed by atoms with Crippen LogP contribution in [-0.4, -0.2) is 50.6 Å². The maximum Gasteiger partial charge on any atom is 0.224 e. The minimum Gasteiger partial charge on any atom is -0.351 e. The van der Waals surface area contributed by atoms with Crippen LogP contribution >= 0.6 is 0 Å². The van der Waals surface area contributed by atoms with Crippen molar-refractivity contribution in [1.82, 2.24) is 25.0 Å². The Morgan fingerprint density at radius 1 is 1.11 bits per heavy atom. The Morgan fingerprint density at radius 2 is 1.81 bits per heavy atom. The molecule has 1 aromatic heterocycles. The van der Waals surface area contributed by atoms with E-state index < -0.39 is 0 Å². The Bertz CT molecular complexity index is 798. The molecule has 27 heavy (non-hydrogen) atoms. The van der Waals surface area contributed by atoms with Crippen molar-refractivity contribution in [2.75, 3.05) is 13.1 Å². The summed E-state index contributed by atoms with van der Waals surface area (Å²) in [6, 6.07) is 8.37. The Balaban J connectivity index is 1.44. The quantitative estimate of drug-likeness (QED) is 0.839. The first kappa shape index (κ1) is 17.7. The standard InChI is InChI=1S/C20H25N5O2/c1-14-2-4-15(5-3-14)17-10-25(11-18(17)23-20(27)16-6-7-16)19(26)8-9-24-12-21-22-13-24/h2-5,12-13,16-18H,6-11H2,1H3,(H,23,27)/t17-,18+/m0/s1. The maximum atomic E-state index is 12.7. The van der Waals surface area contributed by atoms with Crippen molar-refractivity contribution in [1.29, 1.82) is 0 Å². The highest BCUT2D eigenvalue weighted by Crippen LogP contribution is 2.32. The van der Waals surface area contributed by atoms with Crippen LogP contribution in [0.15, 0.2) is 36.9 Å². The second-order valence-corrected chi connectivity index (χ2v) is 7.65. The van der Waals surface area contributed by atoms with Crippen molar-refractivity contribution in [3.05, 3.63) is 48.0 Å². The number of benzene rings is 1. The Morgan fingerprint density at radius 3 is 2.48 bits per heavy atom. The molecule has 0 radical (unpaired) electrons. The monoisotopic (exact) mass is 367 g/mol. The predicted octanol–water partition coefficient (Wildman–Crippen LogP) is 1.50. The van der Waals surface area contributed by atoms with E-state index in [9.17, 15) is 9.59 Å². The van der Waals surface area contributed by atoms with E-state index in [1.807, 2.05) is 4.90 Å². The van der Waals surface area contributed by atoms with E-state index in [4.69, 9.17) is 0 Å². The van der Waals surface area contributed by atoms with Crippen LogP contribution in [0.1, 0.15) is 36.3 Å². The number of nitrogens with one attached hydrogen (secondary N) is 1. The lowest BCUT2D eigenvalue weighted by Gasteiger charge is -2.20. The first-order valence-electron chi connectivity index (χ1n) is 9.57. The smallest absolute Gasteiger partial charge is 0.224 e. The van der Waals surface area contributed by atoms with Gasteiger partial charge in [-0.1, -0.05) is 29.8 Å². The average molecular weight is 367 g/mol. The SMILES string of the molecule is Cc1ccc([C@@H]2CN(C(=O)CCn3cnnc3)C[C@H]2NC(=O)C2CC2)cc1. The third kappa shape index (κ3) is 4.18. The normalized spacial score (nSPS) is 22.0. The van der Waals surface area contributed by atoms with E-state index >= 15 is 0 Å². The summed E-state index contributed by atoms with van der Waals surface area (Å²) in [5, 5.41) is 10.7. The van der Waals surface area contributed by atoms with Gasteiger partial charge in [-0.05, 0) is 25.3 Å². The molecule has 4 rings (SSSR count). The van der Waals surface area contributed by atoms with Gasteiger partial charge in [0.15, 0.2) is 0 Å². The van der Waals surface area contributed by atoms with Crippen molar-refractivity contribution < 1.29 is 9.59 Å². The van der Waals surface area contributed by atoms with Gasteiger partial charge in [0.1, 0.15) is 12.7 Å². The van der Waals surface area contributed by atoms with Gasteiger partial charge in [-0.2, -0.15) is 0 Å². The number of amides is 2. The fourth-order valence-electron chi connectivity index (χ4n) is 3.67. The molecule has 1 N–H and O–H groups in total. The van der Waals surface area contributed by atoms with Gasteiger partial charge in [0.25, 0.3) is 0 Å². The van der Waals surface area contributed by atoms with E-state index in [1.54, 1.807) is 17.2 Å². The first-order valence-corrected chi connectivity index (χ1v) is 9.57. The van der Waals surface area contributed by atoms with Crippen molar-refractivity contribution >= 4 is 11.8 Å². The number of aryl methyl sites for hydroxylation is 2. The van der Waals surface area contributed by atoms with E-state index in [1.165, 1.54) is 11.1 Å². The van der Waals surface area contributed by atoms with Crippen LogP contribution in [0.4, 0.5) is 0 Å². The molecule has 2 heterocycles. The Kier molecular flexibility index (Phi) is 4.92. The molecule has 1 saturated heterocycles. The van der Waals surface area contributed by atoms with E-state index in [0.717, 1.165) is 12.8 Å². The molecule has 0 bridgehead atoms. The molecule has 1 aliphatic heterocycles. The second-order valence-electron chi connectivity index (χ2n) is 7.65. The van der Waals surface area contributed by atoms with Gasteiger partial charge in [0.2, 0.25) is 11.8 Å². The molecule has 2 amide bonds. The average Bonchev–Trinajstić information content (AvgIpc) is 3.23. The molecule has 1 saturated carbocycles. The van der Waals surface area contributed by atoms with Crippen LogP contribution in [0, 0.1) is 12.8 Å². The lowest BCUT2D eigenvalue weighted by molar-refractivity contribution is -0.131. The number of carbonyl (C=O) groups excluding carboxylic acids is 2. The number of rotatable bonds is 6. The van der Waals surface area contributed by atoms with Gasteiger partial charge in [0, 0.05) is 37.9 Å². The number of nitrogens with zero attached hydrogens (tertiary/aromatic N) is 4. The molecule has 142 valence electrons. The fraction of sp³-hybridized carbons (Fsp3) is 0.500. The molecule has 0 spiro atoms. The Hall–Kier alpha value is -2.70. The molecule has 2 fully saturated rings. The van der Waals surface area contributed by atoms with Crippen LogP contribution in [0.25, 0.3) is 0 Å². The summed E-state index contributed by atoms with van der Waals surface area (Å²) in [5.74, 6) is 0.536. The molecule has 0 unspecified atom stereocenters. The molecule has 1 aromatic carbocycles. The predicted molar refractivity (Wildman–Crippen MR) is 99.8 cm³/mol. The minimum atomic E-state index is -0.0281. The zero-order chi connectivity index (χ0) is 18.8. The third-order valence-corrected chi connectivity index (χ3v) is 5.50. The molecule has 2 aromatic rings. The molecular formula is C20H25N5O2. The first-order chi connectivity index (χ1) is 13.1. The van der Waals surface area contributed by atoms with Crippen molar-refractivity contribution in [3.8, 4) is 0 Å². The summed E-state index contributed by atoms with van der Waals surface area (Å²) < 4.78 is 1.80. The van der Waals surface area contributed by atoms with E-state index in [-0.39, 0.29) is 29.7 Å². The van der Waals surface area contributed by atoms with Gasteiger partial charge in [-0.15, -0.1) is 10.2 Å². The summed E-state index contributed by atoms with van der Waals surface area (Å²) in [4.78, 5) is 26.9. The molecule has 1 aliphatic carbocycles. The topological polar surface area (TPSA) is 80.1 Å². The van der Waals surface area contributed by atoms with E-state index in [2.05, 4.69) is 46.7 Å². The summed E-state index contributed by atoms with van der Waals surface area (Å²) in [6.07, 6.45) is 5.60. The van der Waals surface area contributed by atoms with Gasteiger partial charge in [0.05, 0.1) is 6.04 Å². The van der Waals surface area contributed by atoms with Gasteiger partial charge >= 0.3 is 0 Å². The summed E-state index contributed by atoms with van der Waals surface area (Å²) in [5.41, 5.74) is 2.38. The summed E-state index contributed by atoms with van der Waals surface area (Å²) in [7, 11) is 0. The van der Waals surface area contributed by atoms with E-state index in [0.29, 0.717) is 26.1 Å². The molecule has 2 atom stereocenters. The second kappa shape index (κ2) is 7.50. The van der Waals surface area contributed by atoms with Crippen molar-refractivity contribution in [2.24, 2.45) is 5.92 Å². The zero-order valence-corrected chi connectivity index (χ0v) is 15.5. The molecular weight excluding hydrogens is 342 g/mol. The van der Waals surface area contributed by atoms with Gasteiger partial charge < -0.3 is 14.8 Å². The summed E-state index contributed by atoms with van der Waals surface area (Å²) in [6.45, 7) is 3.83. The van der Waals surface area contributed by atoms with Crippen molar-refractivity contribution in [3.63, 3.8) is 0 Å². The van der Waals surface area contributed by atoms with Crippen LogP contribution < -0.4 is 5.32 Å². The zero-order valence-electron chi connectivity index (χ0n) is 15.5. The number of hydrogen-bond donors (Lipinski definition) is 1. The van der Waals surface area contributed by atoms with Crippen LogP contribution in [0.5, 0.6) is 0 Å². The van der Waals surface area contributed by atoms with Crippen LogP contribution in [0.2, 0.25) is 0 Å². The Labute approximate surface area is 158 Å². The van der Waals surface area contributed by atoms with Crippen LogP contribution in [0.3, 0.4) is 0 Å². The van der Waals surface area contributed by atoms with Gasteiger partial charge in [-0.25, -0.2) is 0 Å². The highest BCUT2D eigenvalue weighted by Gasteiger charge is 2.39. The van der Waals surface area contributed by atoms with Gasteiger partial charge in [-0.3, -0.25) is 9.59 Å². The lowest BCUT2D eigenvalue weighted by atomic mass is 9.93. The number of aromatic nitrogens is 3. The number of likely N-dealkylation sites (tertiary alicyclic amines) is 1. The van der Waals surface area contributed by atoms with Crippen molar-refractivity contribution in [2.45, 2.75) is 44.7 Å².